The van der Waals surface area contributed by atoms with Crippen LogP contribution in [0.15, 0.2) is 42.5 Å². The average Bonchev–Trinajstić information content (AvgIpc) is 2.45. The predicted octanol–water partition coefficient (Wildman–Crippen LogP) is 4.24. The lowest BCUT2D eigenvalue weighted by Crippen LogP contribution is -2.21. The minimum absolute atomic E-state index is 0.316. The second kappa shape index (κ2) is 6.70. The monoisotopic (exact) mass is 325 g/mol. The highest BCUT2D eigenvalue weighted by molar-refractivity contribution is 6.32. The molecule has 0 aliphatic carbocycles. The summed E-state index contributed by atoms with van der Waals surface area (Å²) in [7, 11) is 1.47. The molecule has 2 aromatic carbocycles. The first-order chi connectivity index (χ1) is 10.0. The Morgan fingerprint density at radius 3 is 2.57 bits per heavy atom. The van der Waals surface area contributed by atoms with E-state index in [1.807, 2.05) is 0 Å². The Hall–Kier alpha value is -1.91. The third kappa shape index (κ3) is 3.60. The van der Waals surface area contributed by atoms with E-state index in [1.165, 1.54) is 7.11 Å². The maximum absolute atomic E-state index is 11.6. The minimum atomic E-state index is -1.07. The first kappa shape index (κ1) is 15.5. The molecular formula is C15H13Cl2NO3. The zero-order chi connectivity index (χ0) is 15.4. The molecule has 0 heterocycles. The van der Waals surface area contributed by atoms with E-state index in [2.05, 4.69) is 5.32 Å². The zero-order valence-corrected chi connectivity index (χ0v) is 12.7. The van der Waals surface area contributed by atoms with Crippen LogP contribution in [0.5, 0.6) is 5.75 Å². The van der Waals surface area contributed by atoms with Crippen molar-refractivity contribution in [3.05, 3.63) is 58.1 Å². The van der Waals surface area contributed by atoms with Crippen LogP contribution in [0.2, 0.25) is 10.0 Å². The van der Waals surface area contributed by atoms with Crippen LogP contribution < -0.4 is 10.1 Å². The van der Waals surface area contributed by atoms with Crippen LogP contribution in [0.3, 0.4) is 0 Å². The second-order valence-corrected chi connectivity index (χ2v) is 5.13. The van der Waals surface area contributed by atoms with Crippen LogP contribution in [0.4, 0.5) is 5.69 Å². The zero-order valence-electron chi connectivity index (χ0n) is 11.1. The van der Waals surface area contributed by atoms with Gasteiger partial charge in [0.05, 0.1) is 12.1 Å². The van der Waals surface area contributed by atoms with Crippen molar-refractivity contribution in [1.29, 1.82) is 0 Å². The van der Waals surface area contributed by atoms with Gasteiger partial charge in [-0.2, -0.15) is 0 Å². The minimum Gasteiger partial charge on any atom is -0.496 e. The normalized spacial score (nSPS) is 11.8. The lowest BCUT2D eigenvalue weighted by Gasteiger charge is -2.20. The van der Waals surface area contributed by atoms with Crippen molar-refractivity contribution in [3.63, 3.8) is 0 Å². The summed E-state index contributed by atoms with van der Waals surface area (Å²) in [5.74, 6) is -0.661. The van der Waals surface area contributed by atoms with E-state index in [4.69, 9.17) is 27.9 Å². The van der Waals surface area contributed by atoms with Crippen LogP contribution in [0.1, 0.15) is 11.6 Å². The maximum atomic E-state index is 11.6. The fourth-order valence-corrected chi connectivity index (χ4v) is 2.44. The molecule has 6 heteroatoms. The molecule has 2 rings (SSSR count). The summed E-state index contributed by atoms with van der Waals surface area (Å²) in [5.41, 5.74) is 0.950. The molecular weight excluding hydrogens is 313 g/mol. The molecule has 0 radical (unpaired) electrons. The number of methoxy groups -OCH3 is 1. The van der Waals surface area contributed by atoms with Gasteiger partial charge in [-0.15, -0.1) is 0 Å². The molecule has 110 valence electrons. The van der Waals surface area contributed by atoms with Gasteiger partial charge in [-0.05, 0) is 30.3 Å². The van der Waals surface area contributed by atoms with Crippen molar-refractivity contribution in [2.24, 2.45) is 0 Å². The summed E-state index contributed by atoms with van der Waals surface area (Å²) in [4.78, 5) is 11.6. The number of halogens is 2. The third-order valence-electron chi connectivity index (χ3n) is 2.90. The number of anilines is 1. The van der Waals surface area contributed by atoms with Crippen molar-refractivity contribution < 1.29 is 14.6 Å². The van der Waals surface area contributed by atoms with E-state index in [-0.39, 0.29) is 0 Å². The topological polar surface area (TPSA) is 58.6 Å². The Balaban J connectivity index is 2.43. The number of nitrogens with one attached hydrogen (secondary N) is 1. The molecule has 0 saturated heterocycles. The number of ether oxygens (including phenoxy) is 1. The second-order valence-electron chi connectivity index (χ2n) is 4.28. The van der Waals surface area contributed by atoms with E-state index in [9.17, 15) is 9.90 Å². The Labute approximate surface area is 132 Å². The van der Waals surface area contributed by atoms with Gasteiger partial charge in [0.1, 0.15) is 5.75 Å². The number of carboxylic acid groups (broad SMARTS) is 1. The van der Waals surface area contributed by atoms with Crippen molar-refractivity contribution >= 4 is 34.9 Å². The molecule has 1 atom stereocenters. The van der Waals surface area contributed by atoms with Gasteiger partial charge in [-0.1, -0.05) is 35.3 Å². The largest absolute Gasteiger partial charge is 0.496 e. The predicted molar refractivity (Wildman–Crippen MR) is 83.5 cm³/mol. The van der Waals surface area contributed by atoms with Crippen LogP contribution in [0.25, 0.3) is 0 Å². The number of hydrogen-bond donors (Lipinski definition) is 2. The van der Waals surface area contributed by atoms with Crippen molar-refractivity contribution in [2.45, 2.75) is 6.04 Å². The van der Waals surface area contributed by atoms with Crippen LogP contribution >= 0.6 is 23.2 Å². The number of hydrogen-bond acceptors (Lipinski definition) is 3. The molecule has 0 aliphatic heterocycles. The van der Waals surface area contributed by atoms with Gasteiger partial charge in [-0.3, -0.25) is 0 Å². The molecule has 4 nitrogen and oxygen atoms in total. The highest BCUT2D eigenvalue weighted by atomic mass is 35.5. The van der Waals surface area contributed by atoms with E-state index >= 15 is 0 Å². The standard InChI is InChI=1S/C15H13Cl2NO3/c1-21-12-7-3-6-11(17)13(12)14(15(19)20)18-10-5-2-4-9(16)8-10/h2-8,14,18H,1H3,(H,19,20). The van der Waals surface area contributed by atoms with Gasteiger partial charge in [0.25, 0.3) is 0 Å². The molecule has 2 aromatic rings. The van der Waals surface area contributed by atoms with Gasteiger partial charge in [0.2, 0.25) is 0 Å². The first-order valence-electron chi connectivity index (χ1n) is 6.10. The van der Waals surface area contributed by atoms with Gasteiger partial charge < -0.3 is 15.2 Å². The number of carbonyl (C=O) groups is 1. The summed E-state index contributed by atoms with van der Waals surface area (Å²) >= 11 is 12.0. The van der Waals surface area contributed by atoms with E-state index in [0.717, 1.165) is 0 Å². The van der Waals surface area contributed by atoms with Gasteiger partial charge in [0.15, 0.2) is 6.04 Å². The van der Waals surface area contributed by atoms with Crippen molar-refractivity contribution in [2.75, 3.05) is 12.4 Å². The molecule has 1 unspecified atom stereocenters. The van der Waals surface area contributed by atoms with Crippen LogP contribution in [-0.4, -0.2) is 18.2 Å². The molecule has 21 heavy (non-hydrogen) atoms. The van der Waals surface area contributed by atoms with Gasteiger partial charge in [0, 0.05) is 16.3 Å². The van der Waals surface area contributed by atoms with Crippen LogP contribution in [0, 0.1) is 0 Å². The number of carboxylic acids is 1. The van der Waals surface area contributed by atoms with Gasteiger partial charge in [-0.25, -0.2) is 4.79 Å². The van der Waals surface area contributed by atoms with E-state index < -0.39 is 12.0 Å². The Morgan fingerprint density at radius 2 is 1.95 bits per heavy atom. The fraction of sp³-hybridized carbons (Fsp3) is 0.133. The summed E-state index contributed by atoms with van der Waals surface area (Å²) in [6, 6.07) is 10.7. The highest BCUT2D eigenvalue weighted by Crippen LogP contribution is 2.34. The van der Waals surface area contributed by atoms with E-state index in [0.29, 0.717) is 27.0 Å². The SMILES string of the molecule is COc1cccc(Cl)c1C(Nc1cccc(Cl)c1)C(=O)O. The molecule has 0 fully saturated rings. The summed E-state index contributed by atoms with van der Waals surface area (Å²) in [5, 5.41) is 13.2. The lowest BCUT2D eigenvalue weighted by molar-refractivity contribution is -0.138. The molecule has 0 saturated carbocycles. The van der Waals surface area contributed by atoms with Gasteiger partial charge >= 0.3 is 5.97 Å². The van der Waals surface area contributed by atoms with E-state index in [1.54, 1.807) is 42.5 Å². The molecule has 0 amide bonds. The fourth-order valence-electron chi connectivity index (χ4n) is 1.98. The Kier molecular flexibility index (Phi) is 4.94. The number of rotatable bonds is 5. The highest BCUT2D eigenvalue weighted by Gasteiger charge is 2.26. The number of aliphatic carboxylic acids is 1. The molecule has 0 bridgehead atoms. The Bertz CT molecular complexity index is 661. The smallest absolute Gasteiger partial charge is 0.331 e. The lowest BCUT2D eigenvalue weighted by atomic mass is 10.0. The van der Waals surface area contributed by atoms with Crippen molar-refractivity contribution in [1.82, 2.24) is 0 Å². The summed E-state index contributed by atoms with van der Waals surface area (Å²) in [6.45, 7) is 0. The van der Waals surface area contributed by atoms with Crippen LogP contribution in [-0.2, 0) is 4.79 Å². The first-order valence-corrected chi connectivity index (χ1v) is 6.86. The molecule has 0 aliphatic rings. The number of benzene rings is 2. The summed E-state index contributed by atoms with van der Waals surface area (Å²) < 4.78 is 5.20. The Morgan fingerprint density at radius 1 is 1.24 bits per heavy atom. The molecule has 2 N–H and O–H groups in total. The average molecular weight is 326 g/mol. The molecule has 0 spiro atoms. The maximum Gasteiger partial charge on any atom is 0.331 e. The summed E-state index contributed by atoms with van der Waals surface area (Å²) in [6.07, 6.45) is 0. The molecule has 0 aromatic heterocycles. The third-order valence-corrected chi connectivity index (χ3v) is 3.47. The van der Waals surface area contributed by atoms with Crippen molar-refractivity contribution in [3.8, 4) is 5.75 Å². The quantitative estimate of drug-likeness (QED) is 0.863.